The summed E-state index contributed by atoms with van der Waals surface area (Å²) in [5.41, 5.74) is -5.53. The largest absolute Gasteiger partial charge is 0.522 e. The molecule has 3 aliphatic rings. The Kier molecular flexibility index (Phi) is 11.4. The van der Waals surface area contributed by atoms with Gasteiger partial charge in [0.25, 0.3) is 0 Å². The Labute approximate surface area is 172 Å². The molecule has 0 aliphatic heterocycles. The van der Waals surface area contributed by atoms with E-state index in [2.05, 4.69) is 12.6 Å². The lowest BCUT2D eigenvalue weighted by Crippen LogP contribution is -2.21. The summed E-state index contributed by atoms with van der Waals surface area (Å²) in [5, 5.41) is 0.0590. The van der Waals surface area contributed by atoms with Gasteiger partial charge in [0.2, 0.25) is 0 Å². The Hall–Kier alpha value is -0.280. The van der Waals surface area contributed by atoms with Gasteiger partial charge in [0.05, 0.1) is 5.25 Å². The zero-order chi connectivity index (χ0) is 21.2. The maximum Gasteiger partial charge on any atom is 0.522 e. The van der Waals surface area contributed by atoms with Crippen LogP contribution in [0.15, 0.2) is 0 Å². The van der Waals surface area contributed by atoms with Gasteiger partial charge in [-0.25, -0.2) is 0 Å². The third-order valence-corrected chi connectivity index (χ3v) is 6.91. The molecule has 0 aromatic rings. The van der Waals surface area contributed by atoms with Gasteiger partial charge in [-0.1, -0.05) is 70.6 Å². The van der Waals surface area contributed by atoms with Crippen LogP contribution in [0.25, 0.3) is 0 Å². The van der Waals surface area contributed by atoms with Crippen LogP contribution in [0.4, 0.5) is 13.2 Å². The summed E-state index contributed by atoms with van der Waals surface area (Å²) in [6.07, 6.45) is 19.4. The van der Waals surface area contributed by atoms with Gasteiger partial charge in [0.15, 0.2) is 0 Å². The first-order valence-corrected chi connectivity index (χ1v) is 12.2. The van der Waals surface area contributed by atoms with Gasteiger partial charge in [-0.3, -0.25) is 9.35 Å². The minimum Gasteiger partial charge on any atom is -0.298 e. The highest BCUT2D eigenvalue weighted by molar-refractivity contribution is 7.86. The number of carbonyl (C=O) groups excluding carboxylic acids is 1. The highest BCUT2D eigenvalue weighted by atomic mass is 32.2. The van der Waals surface area contributed by atoms with Crippen LogP contribution in [-0.2, 0) is 14.9 Å². The van der Waals surface area contributed by atoms with E-state index >= 15 is 0 Å². The molecule has 0 spiro atoms. The molecule has 1 atom stereocenters. The fraction of sp³-hybridized carbons (Fsp3) is 0.947. The molecule has 3 fully saturated rings. The molecule has 3 rings (SSSR count). The van der Waals surface area contributed by atoms with Crippen LogP contribution in [0.3, 0.4) is 0 Å². The summed E-state index contributed by atoms with van der Waals surface area (Å²) < 4.78 is 57.5. The van der Waals surface area contributed by atoms with Crippen LogP contribution < -0.4 is 0 Å². The smallest absolute Gasteiger partial charge is 0.298 e. The molecule has 0 radical (unpaired) electrons. The topological polar surface area (TPSA) is 71.4 Å². The summed E-state index contributed by atoms with van der Waals surface area (Å²) in [6, 6.07) is 0. The lowest BCUT2D eigenvalue weighted by atomic mass is 9.73. The first kappa shape index (κ1) is 25.8. The third-order valence-electron chi connectivity index (χ3n) is 5.78. The number of halogens is 3. The summed E-state index contributed by atoms with van der Waals surface area (Å²) in [6.45, 7) is 0. The molecule has 166 valence electrons. The van der Waals surface area contributed by atoms with Crippen molar-refractivity contribution in [2.45, 2.75) is 101 Å². The Morgan fingerprint density at radius 2 is 1.14 bits per heavy atom. The van der Waals surface area contributed by atoms with Crippen molar-refractivity contribution >= 4 is 28.5 Å². The number of thiol groups is 1. The maximum absolute atomic E-state index is 10.7. The van der Waals surface area contributed by atoms with Crippen molar-refractivity contribution in [1.29, 1.82) is 0 Å². The van der Waals surface area contributed by atoms with Gasteiger partial charge in [-0.15, -0.1) is 0 Å². The average molecular weight is 447 g/mol. The summed E-state index contributed by atoms with van der Waals surface area (Å²) >= 11 is 4.11. The van der Waals surface area contributed by atoms with E-state index in [1.54, 1.807) is 25.7 Å². The standard InChI is InChI=1S/C12H22.C6H10OS.CHF3O3S/c1-3-7-11(8-4-1)12-9-5-2-6-10-12;7-5-3-1-2-4-6(5)8;2-1(3,4)8(5,6)7/h11-12H,1-10H2;6,8H,1-4H2;(H,5,6,7). The van der Waals surface area contributed by atoms with Gasteiger partial charge in [-0.05, 0) is 24.7 Å². The molecule has 0 aromatic carbocycles. The van der Waals surface area contributed by atoms with Gasteiger partial charge < -0.3 is 0 Å². The van der Waals surface area contributed by atoms with Crippen LogP contribution >= 0.6 is 12.6 Å². The van der Waals surface area contributed by atoms with Crippen LogP contribution in [0.5, 0.6) is 0 Å². The monoisotopic (exact) mass is 446 g/mol. The molecule has 1 N–H and O–H groups in total. The molecule has 1 unspecified atom stereocenters. The summed E-state index contributed by atoms with van der Waals surface area (Å²) in [7, 11) is -5.84. The number of carbonyl (C=O) groups is 1. The van der Waals surface area contributed by atoms with Crippen molar-refractivity contribution < 1.29 is 30.9 Å². The normalized spacial score (nSPS) is 25.2. The molecule has 0 amide bonds. The van der Waals surface area contributed by atoms with E-state index < -0.39 is 15.6 Å². The van der Waals surface area contributed by atoms with Gasteiger partial charge >= 0.3 is 15.6 Å². The van der Waals surface area contributed by atoms with E-state index in [1.807, 2.05) is 0 Å². The average Bonchev–Trinajstić information content (AvgIpc) is 2.65. The zero-order valence-corrected chi connectivity index (χ0v) is 18.0. The molecule has 9 heteroatoms. The fourth-order valence-electron chi connectivity index (χ4n) is 4.18. The van der Waals surface area contributed by atoms with Crippen LogP contribution in [-0.4, -0.2) is 29.5 Å². The molecule has 3 aliphatic carbocycles. The number of Topliss-reactive ketones (excluding diaryl/α,β-unsaturated/α-hetero) is 1. The predicted octanol–water partition coefficient (Wildman–Crippen LogP) is 5.97. The van der Waals surface area contributed by atoms with Gasteiger partial charge in [0.1, 0.15) is 5.78 Å². The number of alkyl halides is 3. The lowest BCUT2D eigenvalue weighted by Gasteiger charge is -2.32. The highest BCUT2D eigenvalue weighted by Gasteiger charge is 2.44. The van der Waals surface area contributed by atoms with E-state index in [4.69, 9.17) is 13.0 Å². The molecule has 0 aromatic heterocycles. The molecule has 0 bridgehead atoms. The Morgan fingerprint density at radius 1 is 0.786 bits per heavy atom. The van der Waals surface area contributed by atoms with E-state index in [9.17, 15) is 18.0 Å². The maximum atomic E-state index is 10.7. The first-order valence-electron chi connectivity index (χ1n) is 10.3. The second kappa shape index (κ2) is 12.4. The Bertz CT molecular complexity index is 536. The SMILES string of the molecule is C1CCC(C2CCCCC2)CC1.O=C1CCCCC1S.O=S(=O)(O)C(F)(F)F. The van der Waals surface area contributed by atoms with E-state index in [-0.39, 0.29) is 5.25 Å². The quantitative estimate of drug-likeness (QED) is 0.296. The van der Waals surface area contributed by atoms with Gasteiger partial charge in [0, 0.05) is 6.42 Å². The summed E-state index contributed by atoms with van der Waals surface area (Å²) in [4.78, 5) is 10.7. The van der Waals surface area contributed by atoms with Crippen LogP contribution in [0.2, 0.25) is 0 Å². The molecular weight excluding hydrogens is 413 g/mol. The van der Waals surface area contributed by atoms with Crippen molar-refractivity contribution in [2.75, 3.05) is 0 Å². The molecule has 3 saturated carbocycles. The fourth-order valence-corrected chi connectivity index (χ4v) is 4.49. The van der Waals surface area contributed by atoms with Crippen molar-refractivity contribution in [3.05, 3.63) is 0 Å². The van der Waals surface area contributed by atoms with Crippen LogP contribution in [0.1, 0.15) is 89.9 Å². The van der Waals surface area contributed by atoms with E-state index in [0.29, 0.717) is 5.78 Å². The van der Waals surface area contributed by atoms with Crippen molar-refractivity contribution in [2.24, 2.45) is 11.8 Å². The highest BCUT2D eigenvalue weighted by Crippen LogP contribution is 2.37. The number of hydrogen-bond acceptors (Lipinski definition) is 4. The second-order valence-electron chi connectivity index (χ2n) is 7.94. The number of rotatable bonds is 1. The van der Waals surface area contributed by atoms with Crippen molar-refractivity contribution in [1.82, 2.24) is 0 Å². The van der Waals surface area contributed by atoms with Crippen molar-refractivity contribution in [3.63, 3.8) is 0 Å². The van der Waals surface area contributed by atoms with Crippen LogP contribution in [0, 0.1) is 11.8 Å². The lowest BCUT2D eigenvalue weighted by molar-refractivity contribution is -0.119. The molecule has 0 heterocycles. The molecule has 4 nitrogen and oxygen atoms in total. The second-order valence-corrected chi connectivity index (χ2v) is 9.98. The Morgan fingerprint density at radius 3 is 1.39 bits per heavy atom. The Balaban J connectivity index is 0.000000219. The molecular formula is C19H33F3O4S2. The van der Waals surface area contributed by atoms with Crippen molar-refractivity contribution in [3.8, 4) is 0 Å². The molecule has 28 heavy (non-hydrogen) atoms. The zero-order valence-electron chi connectivity index (χ0n) is 16.3. The third kappa shape index (κ3) is 9.96. The number of ketones is 1. The summed E-state index contributed by atoms with van der Waals surface area (Å²) in [5.74, 6) is 2.61. The molecule has 0 saturated heterocycles. The minimum atomic E-state index is -5.84. The van der Waals surface area contributed by atoms with E-state index in [0.717, 1.165) is 31.1 Å². The first-order chi connectivity index (χ1) is 13.0. The number of hydrogen-bond donors (Lipinski definition) is 2. The predicted molar refractivity (Wildman–Crippen MR) is 107 cm³/mol. The van der Waals surface area contributed by atoms with Gasteiger partial charge in [-0.2, -0.15) is 34.2 Å². The van der Waals surface area contributed by atoms with E-state index in [1.165, 1.54) is 44.9 Å². The minimum absolute atomic E-state index is 0.0590.